The molecule has 3 aromatic rings. The molecule has 0 aliphatic rings. The number of fused-ring (bicyclic) bond motifs is 1. The second kappa shape index (κ2) is 7.58. The fourth-order valence-corrected chi connectivity index (χ4v) is 4.39. The number of anilines is 1. The first-order valence-electron chi connectivity index (χ1n) is 8.80. The Labute approximate surface area is 169 Å². The number of halogens is 1. The Morgan fingerprint density at radius 1 is 1.18 bits per heavy atom. The Morgan fingerprint density at radius 3 is 2.43 bits per heavy atom. The molecule has 2 aromatic carbocycles. The van der Waals surface area contributed by atoms with Crippen LogP contribution in [-0.4, -0.2) is 31.6 Å². The minimum Gasteiger partial charge on any atom is -0.330 e. The Morgan fingerprint density at radius 2 is 1.86 bits per heavy atom. The van der Waals surface area contributed by atoms with Crippen LogP contribution in [0.4, 0.5) is 5.69 Å². The number of benzene rings is 2. The lowest BCUT2D eigenvalue weighted by atomic mass is 9.82. The van der Waals surface area contributed by atoms with E-state index >= 15 is 0 Å². The van der Waals surface area contributed by atoms with Crippen LogP contribution in [0.1, 0.15) is 18.9 Å². The van der Waals surface area contributed by atoms with Gasteiger partial charge >= 0.3 is 0 Å². The maximum atomic E-state index is 13.1. The predicted molar refractivity (Wildman–Crippen MR) is 113 cm³/mol. The highest BCUT2D eigenvalue weighted by Gasteiger charge is 2.40. The lowest BCUT2D eigenvalue weighted by Crippen LogP contribution is -2.45. The Bertz CT molecular complexity index is 1120. The molecule has 0 saturated heterocycles. The van der Waals surface area contributed by atoms with Crippen LogP contribution in [-0.2, 0) is 20.4 Å². The normalized spacial score (nSPS) is 14.0. The molecule has 6 nitrogen and oxygen atoms in total. The van der Waals surface area contributed by atoms with Gasteiger partial charge in [-0.05, 0) is 42.3 Å². The van der Waals surface area contributed by atoms with Crippen molar-refractivity contribution in [2.45, 2.75) is 18.9 Å². The van der Waals surface area contributed by atoms with E-state index in [1.165, 1.54) is 0 Å². The number of hydrogen-bond donors (Lipinski definition) is 2. The van der Waals surface area contributed by atoms with Gasteiger partial charge in [-0.15, -0.1) is 0 Å². The van der Waals surface area contributed by atoms with Crippen LogP contribution in [0.25, 0.3) is 10.9 Å². The van der Waals surface area contributed by atoms with Crippen molar-refractivity contribution in [1.29, 1.82) is 0 Å². The van der Waals surface area contributed by atoms with Crippen LogP contribution < -0.4 is 10.5 Å². The first kappa shape index (κ1) is 20.4. The molecule has 1 atom stereocenters. The first-order chi connectivity index (χ1) is 13.2. The first-order valence-corrected chi connectivity index (χ1v) is 11.1. The minimum atomic E-state index is -3.44. The number of nitrogens with zero attached hydrogens (tertiary/aromatic N) is 1. The van der Waals surface area contributed by atoms with Crippen LogP contribution in [0, 0.1) is 0 Å². The molecule has 1 aromatic heterocycles. The van der Waals surface area contributed by atoms with E-state index in [1.54, 1.807) is 36.5 Å². The van der Waals surface area contributed by atoms with E-state index in [0.717, 1.165) is 17.3 Å². The topological polar surface area (TPSA) is 94.2 Å². The largest absolute Gasteiger partial charge is 0.330 e. The van der Waals surface area contributed by atoms with Gasteiger partial charge in [0.25, 0.3) is 0 Å². The maximum absolute atomic E-state index is 13.1. The monoisotopic (exact) mass is 419 g/mol. The zero-order valence-corrected chi connectivity index (χ0v) is 17.2. The Balaban J connectivity index is 2.30. The summed E-state index contributed by atoms with van der Waals surface area (Å²) in [5.41, 5.74) is 6.72. The molecule has 3 rings (SSSR count). The molecule has 0 aliphatic heterocycles. The molecule has 0 saturated carbocycles. The van der Waals surface area contributed by atoms with Gasteiger partial charge in [0.15, 0.2) is 5.78 Å². The fourth-order valence-electron chi connectivity index (χ4n) is 3.69. The fraction of sp³-hybridized carbons (Fsp3) is 0.250. The number of sulfonamides is 1. The molecule has 0 fully saturated rings. The highest BCUT2D eigenvalue weighted by atomic mass is 35.5. The highest BCUT2D eigenvalue weighted by Crippen LogP contribution is 2.37. The molecule has 8 heteroatoms. The summed E-state index contributed by atoms with van der Waals surface area (Å²) in [6.45, 7) is 1.80. The van der Waals surface area contributed by atoms with Crippen molar-refractivity contribution in [2.24, 2.45) is 5.73 Å². The summed E-state index contributed by atoms with van der Waals surface area (Å²) < 4.78 is 27.8. The van der Waals surface area contributed by atoms with Crippen molar-refractivity contribution < 1.29 is 13.2 Å². The third-order valence-electron chi connectivity index (χ3n) is 4.92. The van der Waals surface area contributed by atoms with Gasteiger partial charge in [-0.3, -0.25) is 9.52 Å². The molecule has 148 valence electrons. The van der Waals surface area contributed by atoms with Gasteiger partial charge in [0.2, 0.25) is 10.0 Å². The number of aromatic nitrogens is 1. The van der Waals surface area contributed by atoms with Gasteiger partial charge in [0.05, 0.1) is 24.0 Å². The average molecular weight is 420 g/mol. The zero-order valence-electron chi connectivity index (χ0n) is 15.6. The smallest absolute Gasteiger partial charge is 0.229 e. The molecule has 0 amide bonds. The second-order valence-electron chi connectivity index (χ2n) is 6.65. The van der Waals surface area contributed by atoms with E-state index in [2.05, 4.69) is 4.72 Å². The lowest BCUT2D eigenvalue weighted by molar-refractivity contribution is -0.124. The third kappa shape index (κ3) is 3.53. The number of hydrogen-bond acceptors (Lipinski definition) is 4. The summed E-state index contributed by atoms with van der Waals surface area (Å²) >= 11 is 6.04. The van der Waals surface area contributed by atoms with Crippen LogP contribution in [0.2, 0.25) is 5.02 Å². The van der Waals surface area contributed by atoms with Crippen molar-refractivity contribution in [3.63, 3.8) is 0 Å². The highest BCUT2D eigenvalue weighted by molar-refractivity contribution is 7.92. The van der Waals surface area contributed by atoms with Gasteiger partial charge in [0, 0.05) is 16.6 Å². The van der Waals surface area contributed by atoms with Gasteiger partial charge in [0.1, 0.15) is 5.54 Å². The molecular weight excluding hydrogens is 398 g/mol. The van der Waals surface area contributed by atoms with Crippen molar-refractivity contribution in [3.8, 4) is 0 Å². The summed E-state index contributed by atoms with van der Waals surface area (Å²) in [6, 6.07) is 14.2. The van der Waals surface area contributed by atoms with Crippen molar-refractivity contribution in [2.75, 3.05) is 17.5 Å². The molecule has 0 spiro atoms. The molecule has 0 aliphatic carbocycles. The summed E-state index contributed by atoms with van der Waals surface area (Å²) in [6.07, 6.45) is 3.37. The Kier molecular flexibility index (Phi) is 5.52. The van der Waals surface area contributed by atoms with Crippen LogP contribution in [0.3, 0.4) is 0 Å². The Hall–Kier alpha value is -2.35. The molecule has 3 N–H and O–H groups in total. The number of rotatable bonds is 7. The van der Waals surface area contributed by atoms with Gasteiger partial charge in [-0.2, -0.15) is 0 Å². The molecule has 1 heterocycles. The number of nitrogens with one attached hydrogen (secondary N) is 1. The van der Waals surface area contributed by atoms with Crippen LogP contribution >= 0.6 is 11.6 Å². The number of carbonyl (C=O) groups excluding carboxylic acids is 1. The predicted octanol–water partition coefficient (Wildman–Crippen LogP) is 3.35. The van der Waals surface area contributed by atoms with Crippen LogP contribution in [0.5, 0.6) is 0 Å². The SMILES string of the molecule is CCC(C(=O)CN)(c1ccc(Cl)cc1)n1ccc2c(NS(C)(=O)=O)cccc21. The van der Waals surface area contributed by atoms with E-state index in [0.29, 0.717) is 22.5 Å². The number of carbonyl (C=O) groups is 1. The molecule has 0 bridgehead atoms. The zero-order chi connectivity index (χ0) is 20.5. The minimum absolute atomic E-state index is 0.128. The number of nitrogens with two attached hydrogens (primary N) is 1. The standard InChI is InChI=1S/C20H22ClN3O3S/c1-3-20(19(25)13-22,14-7-9-15(21)10-8-14)24-12-11-16-17(23-28(2,26)27)5-4-6-18(16)24/h4-12,23H,3,13,22H2,1-2H3. The number of Topliss-reactive ketones (excluding diaryl/α,β-unsaturated/α-hetero) is 1. The van der Waals surface area contributed by atoms with E-state index in [9.17, 15) is 13.2 Å². The van der Waals surface area contributed by atoms with Crippen LogP contribution in [0.15, 0.2) is 54.7 Å². The second-order valence-corrected chi connectivity index (χ2v) is 8.83. The summed E-state index contributed by atoms with van der Waals surface area (Å²) in [4.78, 5) is 13.1. The summed E-state index contributed by atoms with van der Waals surface area (Å²) in [5.74, 6) is -0.142. The van der Waals surface area contributed by atoms with Gasteiger partial charge in [-0.1, -0.05) is 36.7 Å². The molecule has 28 heavy (non-hydrogen) atoms. The van der Waals surface area contributed by atoms with E-state index in [4.69, 9.17) is 17.3 Å². The van der Waals surface area contributed by atoms with E-state index in [-0.39, 0.29) is 12.3 Å². The lowest BCUT2D eigenvalue weighted by Gasteiger charge is -2.34. The third-order valence-corrected chi connectivity index (χ3v) is 5.76. The molecule has 1 unspecified atom stereocenters. The van der Waals surface area contributed by atoms with Crippen molar-refractivity contribution in [3.05, 3.63) is 65.3 Å². The van der Waals surface area contributed by atoms with Gasteiger partial charge in [-0.25, -0.2) is 8.42 Å². The molecule has 0 radical (unpaired) electrons. The molecular formula is C20H22ClN3O3S. The maximum Gasteiger partial charge on any atom is 0.229 e. The van der Waals surface area contributed by atoms with Crippen molar-refractivity contribution >= 4 is 44.0 Å². The van der Waals surface area contributed by atoms with E-state index < -0.39 is 15.6 Å². The summed E-state index contributed by atoms with van der Waals surface area (Å²) in [5, 5.41) is 1.27. The quantitative estimate of drug-likeness (QED) is 0.614. The number of ketones is 1. The van der Waals surface area contributed by atoms with Crippen molar-refractivity contribution in [1.82, 2.24) is 4.57 Å². The summed E-state index contributed by atoms with van der Waals surface area (Å²) in [7, 11) is -3.44. The average Bonchev–Trinajstić information content (AvgIpc) is 3.08. The van der Waals surface area contributed by atoms with Gasteiger partial charge < -0.3 is 10.3 Å². The van der Waals surface area contributed by atoms with E-state index in [1.807, 2.05) is 29.7 Å².